The minimum atomic E-state index is -1.11. The van der Waals surface area contributed by atoms with Crippen molar-refractivity contribution in [3.63, 3.8) is 0 Å². The molecule has 3 N–H and O–H groups in total. The number of aliphatic hydroxyl groups excluding tert-OH is 2. The average molecular weight is 293 g/mol. The zero-order valence-corrected chi connectivity index (χ0v) is 11.5. The van der Waals surface area contributed by atoms with Gasteiger partial charge >= 0.3 is 0 Å². The molecule has 0 radical (unpaired) electrons. The van der Waals surface area contributed by atoms with Gasteiger partial charge in [0.25, 0.3) is 0 Å². The Morgan fingerprint density at radius 1 is 1.24 bits per heavy atom. The number of rotatable bonds is 4. The molecule has 0 saturated carbocycles. The van der Waals surface area contributed by atoms with E-state index in [4.69, 9.17) is 9.47 Å². The van der Waals surface area contributed by atoms with Crippen LogP contribution in [0.15, 0.2) is 30.3 Å². The van der Waals surface area contributed by atoms with Crippen LogP contribution in [-0.4, -0.2) is 59.8 Å². The monoisotopic (exact) mass is 293 g/mol. The van der Waals surface area contributed by atoms with E-state index in [1.54, 1.807) is 0 Å². The Hall–Kier alpha value is -1.47. The third kappa shape index (κ3) is 3.08. The first-order valence-electron chi connectivity index (χ1n) is 7.09. The van der Waals surface area contributed by atoms with E-state index in [0.29, 0.717) is 0 Å². The number of ether oxygens (including phenoxy) is 2. The summed E-state index contributed by atoms with van der Waals surface area (Å²) in [6, 6.07) is 9.01. The summed E-state index contributed by atoms with van der Waals surface area (Å²) < 4.78 is 10.9. The predicted molar refractivity (Wildman–Crippen MR) is 73.6 cm³/mol. The van der Waals surface area contributed by atoms with Gasteiger partial charge < -0.3 is 25.0 Å². The molecule has 6 heteroatoms. The Labute approximate surface area is 122 Å². The highest BCUT2D eigenvalue weighted by Gasteiger charge is 2.47. The smallest absolute Gasteiger partial charge is 0.249 e. The maximum absolute atomic E-state index is 12.0. The fourth-order valence-corrected chi connectivity index (χ4v) is 2.81. The van der Waals surface area contributed by atoms with Gasteiger partial charge in [-0.15, -0.1) is 0 Å². The Morgan fingerprint density at radius 3 is 2.71 bits per heavy atom. The van der Waals surface area contributed by atoms with Gasteiger partial charge in [-0.25, -0.2) is 0 Å². The molecule has 1 aromatic carbocycles. The van der Waals surface area contributed by atoms with Gasteiger partial charge in [-0.2, -0.15) is 0 Å². The molecular weight excluding hydrogens is 274 g/mol. The number of carbonyl (C=O) groups excluding carboxylic acids is 1. The van der Waals surface area contributed by atoms with Crippen molar-refractivity contribution in [2.75, 3.05) is 13.2 Å². The molecule has 2 heterocycles. The largest absolute Gasteiger partial charge is 0.388 e. The Bertz CT molecular complexity index is 494. The molecule has 1 aromatic rings. The first kappa shape index (κ1) is 14.5. The highest BCUT2D eigenvalue weighted by atomic mass is 16.6. The van der Waals surface area contributed by atoms with Crippen molar-refractivity contribution in [1.82, 2.24) is 5.32 Å². The predicted octanol–water partition coefficient (Wildman–Crippen LogP) is -0.767. The number of carbonyl (C=O) groups is 1. The Balaban J connectivity index is 1.54. The van der Waals surface area contributed by atoms with Gasteiger partial charge in [0.15, 0.2) is 0 Å². The van der Waals surface area contributed by atoms with Crippen LogP contribution in [0.3, 0.4) is 0 Å². The molecule has 6 nitrogen and oxygen atoms in total. The number of benzene rings is 1. The van der Waals surface area contributed by atoms with Crippen molar-refractivity contribution < 1.29 is 24.5 Å². The zero-order valence-electron chi connectivity index (χ0n) is 11.5. The van der Waals surface area contributed by atoms with E-state index in [1.807, 2.05) is 30.3 Å². The molecule has 0 aliphatic carbocycles. The number of nitrogens with one attached hydrogen (secondary N) is 1. The Kier molecular flexibility index (Phi) is 4.21. The van der Waals surface area contributed by atoms with Crippen LogP contribution in [0.2, 0.25) is 0 Å². The van der Waals surface area contributed by atoms with Crippen molar-refractivity contribution in [2.45, 2.75) is 36.9 Å². The van der Waals surface area contributed by atoms with Crippen molar-refractivity contribution >= 4 is 5.91 Å². The van der Waals surface area contributed by atoms with E-state index < -0.39 is 18.1 Å². The molecule has 3 rings (SSSR count). The van der Waals surface area contributed by atoms with Gasteiger partial charge in [-0.3, -0.25) is 4.79 Å². The van der Waals surface area contributed by atoms with Crippen molar-refractivity contribution in [2.24, 2.45) is 0 Å². The van der Waals surface area contributed by atoms with Crippen LogP contribution in [0.5, 0.6) is 0 Å². The second kappa shape index (κ2) is 6.11. The highest BCUT2D eigenvalue weighted by Crippen LogP contribution is 2.26. The fourth-order valence-electron chi connectivity index (χ4n) is 2.81. The molecule has 0 spiro atoms. The molecule has 1 amide bonds. The van der Waals surface area contributed by atoms with E-state index in [9.17, 15) is 15.0 Å². The minimum Gasteiger partial charge on any atom is -0.388 e. The lowest BCUT2D eigenvalue weighted by atomic mass is 10.1. The minimum absolute atomic E-state index is 0.217. The maximum Gasteiger partial charge on any atom is 0.249 e. The lowest BCUT2D eigenvalue weighted by Crippen LogP contribution is -2.48. The summed E-state index contributed by atoms with van der Waals surface area (Å²) in [6.07, 6.45) is -2.23. The Morgan fingerprint density at radius 2 is 1.95 bits per heavy atom. The van der Waals surface area contributed by atoms with E-state index in [0.717, 1.165) is 5.56 Å². The van der Waals surface area contributed by atoms with E-state index >= 15 is 0 Å². The second-order valence-electron chi connectivity index (χ2n) is 5.48. The molecule has 0 aromatic heterocycles. The number of aliphatic hydroxyl groups is 2. The SMILES string of the molecule is O=C(N[C@H]1CO[C@H]2[C@@H]1OC[C@@H]2O)[C@@H](O)Cc1ccccc1. The molecule has 2 aliphatic heterocycles. The standard InChI is InChI=1S/C15H19NO5/c17-11(6-9-4-2-1-3-5-9)15(19)16-10-7-20-14-12(18)8-21-13(10)14/h1-5,10-14,17-18H,6-8H2,(H,16,19)/t10-,11-,12-,13+,14+/m0/s1. The highest BCUT2D eigenvalue weighted by molar-refractivity contribution is 5.81. The normalized spacial score (nSPS) is 32.7. The van der Waals surface area contributed by atoms with Gasteiger partial charge in [0.05, 0.1) is 19.3 Å². The third-order valence-electron chi connectivity index (χ3n) is 3.93. The lowest BCUT2D eigenvalue weighted by molar-refractivity contribution is -0.130. The van der Waals surface area contributed by atoms with Crippen molar-refractivity contribution in [1.29, 1.82) is 0 Å². The summed E-state index contributed by atoms with van der Waals surface area (Å²) in [4.78, 5) is 12.0. The van der Waals surface area contributed by atoms with Gasteiger partial charge in [-0.1, -0.05) is 30.3 Å². The van der Waals surface area contributed by atoms with Crippen LogP contribution >= 0.6 is 0 Å². The van der Waals surface area contributed by atoms with E-state index in [1.165, 1.54) is 0 Å². The summed E-state index contributed by atoms with van der Waals surface area (Å²) in [5.74, 6) is -0.446. The second-order valence-corrected chi connectivity index (χ2v) is 5.48. The van der Waals surface area contributed by atoms with Gasteiger partial charge in [0.2, 0.25) is 5.91 Å². The summed E-state index contributed by atoms with van der Waals surface area (Å²) in [5, 5.41) is 22.4. The molecule has 2 saturated heterocycles. The third-order valence-corrected chi connectivity index (χ3v) is 3.93. The van der Waals surface area contributed by atoms with Crippen LogP contribution in [0, 0.1) is 0 Å². The van der Waals surface area contributed by atoms with Crippen LogP contribution in [0.4, 0.5) is 0 Å². The van der Waals surface area contributed by atoms with Gasteiger partial charge in [-0.05, 0) is 5.56 Å². The molecule has 0 unspecified atom stereocenters. The molecule has 2 aliphatic rings. The van der Waals surface area contributed by atoms with Crippen LogP contribution in [0.1, 0.15) is 5.56 Å². The summed E-state index contributed by atoms with van der Waals surface area (Å²) in [5.41, 5.74) is 0.897. The van der Waals surface area contributed by atoms with Crippen molar-refractivity contribution in [3.8, 4) is 0 Å². The first-order valence-corrected chi connectivity index (χ1v) is 7.09. The first-order chi connectivity index (χ1) is 10.1. The van der Waals surface area contributed by atoms with Crippen LogP contribution in [-0.2, 0) is 20.7 Å². The van der Waals surface area contributed by atoms with Gasteiger partial charge in [0.1, 0.15) is 24.4 Å². The number of hydrogen-bond acceptors (Lipinski definition) is 5. The molecule has 5 atom stereocenters. The topological polar surface area (TPSA) is 88.0 Å². The summed E-state index contributed by atoms with van der Waals surface area (Å²) in [7, 11) is 0. The fraction of sp³-hybridized carbons (Fsp3) is 0.533. The number of amides is 1. The quantitative estimate of drug-likeness (QED) is 0.679. The zero-order chi connectivity index (χ0) is 14.8. The maximum atomic E-state index is 12.0. The number of hydrogen-bond donors (Lipinski definition) is 3. The molecule has 114 valence electrons. The summed E-state index contributed by atoms with van der Waals surface area (Å²) in [6.45, 7) is 0.504. The molecule has 0 bridgehead atoms. The summed E-state index contributed by atoms with van der Waals surface area (Å²) >= 11 is 0. The average Bonchev–Trinajstić information content (AvgIpc) is 3.04. The lowest BCUT2D eigenvalue weighted by Gasteiger charge is -2.19. The van der Waals surface area contributed by atoms with Crippen LogP contribution < -0.4 is 5.32 Å². The molecule has 2 fully saturated rings. The molecular formula is C15H19NO5. The van der Waals surface area contributed by atoms with Crippen LogP contribution in [0.25, 0.3) is 0 Å². The van der Waals surface area contributed by atoms with E-state index in [-0.39, 0.29) is 37.9 Å². The molecule has 21 heavy (non-hydrogen) atoms. The van der Waals surface area contributed by atoms with Crippen molar-refractivity contribution in [3.05, 3.63) is 35.9 Å². The number of fused-ring (bicyclic) bond motifs is 1. The van der Waals surface area contributed by atoms with Gasteiger partial charge in [0, 0.05) is 6.42 Å². The van der Waals surface area contributed by atoms with E-state index in [2.05, 4.69) is 5.32 Å².